The van der Waals surface area contributed by atoms with Gasteiger partial charge < -0.3 is 18.5 Å². The summed E-state index contributed by atoms with van der Waals surface area (Å²) in [5, 5.41) is 0. The molecule has 0 unspecified atom stereocenters. The molecule has 0 spiro atoms. The third kappa shape index (κ3) is 3.11. The number of oxazole rings is 1. The Balaban J connectivity index is 1.79. The van der Waals surface area contributed by atoms with Crippen LogP contribution in [0.3, 0.4) is 0 Å². The molecule has 0 bridgehead atoms. The second-order valence-electron chi connectivity index (χ2n) is 5.02. The van der Waals surface area contributed by atoms with Gasteiger partial charge in [0.2, 0.25) is 5.76 Å². The van der Waals surface area contributed by atoms with Gasteiger partial charge in [-0.1, -0.05) is 12.1 Å². The lowest BCUT2D eigenvalue weighted by atomic mass is 10.2. The third-order valence-corrected chi connectivity index (χ3v) is 3.42. The molecule has 0 aliphatic heterocycles. The molecule has 118 valence electrons. The largest absolute Gasteiger partial charge is 0.497 e. The van der Waals surface area contributed by atoms with Gasteiger partial charge in [0.25, 0.3) is 5.91 Å². The van der Waals surface area contributed by atoms with E-state index in [9.17, 15) is 4.79 Å². The molecular formula is C17H16N2O4. The van der Waals surface area contributed by atoms with Crippen LogP contribution >= 0.6 is 0 Å². The minimum absolute atomic E-state index is 0.227. The van der Waals surface area contributed by atoms with Crippen LogP contribution in [-0.4, -0.2) is 29.9 Å². The highest BCUT2D eigenvalue weighted by atomic mass is 16.5. The van der Waals surface area contributed by atoms with Gasteiger partial charge in [-0.25, -0.2) is 4.98 Å². The first kappa shape index (κ1) is 14.9. The molecule has 0 aliphatic carbocycles. The molecule has 1 amide bonds. The van der Waals surface area contributed by atoms with Gasteiger partial charge >= 0.3 is 0 Å². The molecule has 0 saturated carbocycles. The van der Waals surface area contributed by atoms with E-state index in [4.69, 9.17) is 13.6 Å². The molecule has 0 saturated heterocycles. The summed E-state index contributed by atoms with van der Waals surface area (Å²) >= 11 is 0. The standard InChI is InChI=1S/C17H16N2O4/c1-19(10-12-5-3-6-13(9-12)21-2)17(20)15-16(23-11-18-15)14-7-4-8-22-14/h3-9,11H,10H2,1-2H3. The van der Waals surface area contributed by atoms with E-state index in [2.05, 4.69) is 4.98 Å². The average Bonchev–Trinajstić information content (AvgIpc) is 3.25. The highest BCUT2D eigenvalue weighted by Crippen LogP contribution is 2.24. The van der Waals surface area contributed by atoms with Gasteiger partial charge in [0.1, 0.15) is 5.75 Å². The number of methoxy groups -OCH3 is 1. The number of amides is 1. The number of hydrogen-bond donors (Lipinski definition) is 0. The van der Waals surface area contributed by atoms with E-state index in [0.29, 0.717) is 18.1 Å². The number of furan rings is 1. The van der Waals surface area contributed by atoms with E-state index in [1.807, 2.05) is 24.3 Å². The van der Waals surface area contributed by atoms with E-state index in [-0.39, 0.29) is 11.6 Å². The van der Waals surface area contributed by atoms with Crippen LogP contribution in [0.5, 0.6) is 5.75 Å². The molecule has 0 atom stereocenters. The van der Waals surface area contributed by atoms with Gasteiger partial charge in [0.15, 0.2) is 17.8 Å². The van der Waals surface area contributed by atoms with Crippen LogP contribution in [0.1, 0.15) is 16.1 Å². The molecular weight excluding hydrogens is 296 g/mol. The molecule has 2 heterocycles. The summed E-state index contributed by atoms with van der Waals surface area (Å²) in [5.74, 6) is 1.31. The fourth-order valence-electron chi connectivity index (χ4n) is 2.28. The van der Waals surface area contributed by atoms with Crippen molar-refractivity contribution in [3.8, 4) is 17.3 Å². The van der Waals surface area contributed by atoms with Crippen molar-refractivity contribution in [2.75, 3.05) is 14.2 Å². The highest BCUT2D eigenvalue weighted by molar-refractivity contribution is 5.96. The van der Waals surface area contributed by atoms with Gasteiger partial charge in [-0.2, -0.15) is 0 Å². The van der Waals surface area contributed by atoms with Crippen LogP contribution in [0, 0.1) is 0 Å². The predicted molar refractivity (Wildman–Crippen MR) is 83.0 cm³/mol. The smallest absolute Gasteiger partial charge is 0.276 e. The summed E-state index contributed by atoms with van der Waals surface area (Å²) in [6.45, 7) is 0.431. The maximum atomic E-state index is 12.6. The maximum absolute atomic E-state index is 12.6. The van der Waals surface area contributed by atoms with Crippen molar-refractivity contribution in [1.29, 1.82) is 0 Å². The Morgan fingerprint density at radius 2 is 2.13 bits per heavy atom. The van der Waals surface area contributed by atoms with Crippen molar-refractivity contribution in [1.82, 2.24) is 9.88 Å². The summed E-state index contributed by atoms with van der Waals surface area (Å²) in [7, 11) is 3.32. The summed E-state index contributed by atoms with van der Waals surface area (Å²) in [6.07, 6.45) is 2.76. The average molecular weight is 312 g/mol. The molecule has 3 aromatic rings. The molecule has 0 fully saturated rings. The number of ether oxygens (including phenoxy) is 1. The first-order chi connectivity index (χ1) is 11.2. The lowest BCUT2D eigenvalue weighted by Crippen LogP contribution is -2.26. The fraction of sp³-hybridized carbons (Fsp3) is 0.176. The van der Waals surface area contributed by atoms with Crippen LogP contribution in [-0.2, 0) is 6.54 Å². The zero-order valence-electron chi connectivity index (χ0n) is 12.9. The SMILES string of the molecule is COc1cccc(CN(C)C(=O)c2ncoc2-c2ccco2)c1. The molecule has 6 nitrogen and oxygen atoms in total. The van der Waals surface area contributed by atoms with E-state index in [1.54, 1.807) is 31.2 Å². The van der Waals surface area contributed by atoms with Crippen LogP contribution < -0.4 is 4.74 Å². The highest BCUT2D eigenvalue weighted by Gasteiger charge is 2.23. The summed E-state index contributed by atoms with van der Waals surface area (Å²) in [6, 6.07) is 11.0. The molecule has 0 radical (unpaired) electrons. The van der Waals surface area contributed by atoms with Gasteiger partial charge in [-0.05, 0) is 29.8 Å². The van der Waals surface area contributed by atoms with Gasteiger partial charge in [-0.3, -0.25) is 4.79 Å². The molecule has 2 aromatic heterocycles. The minimum atomic E-state index is -0.243. The van der Waals surface area contributed by atoms with E-state index < -0.39 is 0 Å². The lowest BCUT2D eigenvalue weighted by molar-refractivity contribution is 0.0780. The number of rotatable bonds is 5. The Labute approximate surface area is 133 Å². The predicted octanol–water partition coefficient (Wildman–Crippen LogP) is 3.22. The van der Waals surface area contributed by atoms with E-state index >= 15 is 0 Å². The minimum Gasteiger partial charge on any atom is -0.497 e. The van der Waals surface area contributed by atoms with E-state index in [0.717, 1.165) is 11.3 Å². The topological polar surface area (TPSA) is 68.7 Å². The Bertz CT molecular complexity index is 793. The molecule has 0 aliphatic rings. The normalized spacial score (nSPS) is 10.5. The van der Waals surface area contributed by atoms with Crippen LogP contribution in [0.15, 0.2) is 57.9 Å². The summed E-state index contributed by atoms with van der Waals surface area (Å²) in [4.78, 5) is 18.2. The Kier molecular flexibility index (Phi) is 4.14. The molecule has 1 aromatic carbocycles. The monoisotopic (exact) mass is 312 g/mol. The number of benzene rings is 1. The van der Waals surface area contributed by atoms with Crippen molar-refractivity contribution in [2.45, 2.75) is 6.54 Å². The maximum Gasteiger partial charge on any atom is 0.276 e. The van der Waals surface area contributed by atoms with Crippen LogP contribution in [0.25, 0.3) is 11.5 Å². The number of carbonyl (C=O) groups excluding carboxylic acids is 1. The Morgan fingerprint density at radius 3 is 2.87 bits per heavy atom. The van der Waals surface area contributed by atoms with Crippen molar-refractivity contribution in [3.63, 3.8) is 0 Å². The van der Waals surface area contributed by atoms with Gasteiger partial charge in [-0.15, -0.1) is 0 Å². The number of nitrogens with zero attached hydrogens (tertiary/aromatic N) is 2. The first-order valence-corrected chi connectivity index (χ1v) is 7.05. The molecule has 23 heavy (non-hydrogen) atoms. The second kappa shape index (κ2) is 6.39. The van der Waals surface area contributed by atoms with Crippen molar-refractivity contribution in [2.24, 2.45) is 0 Å². The number of hydrogen-bond acceptors (Lipinski definition) is 5. The quantitative estimate of drug-likeness (QED) is 0.723. The third-order valence-electron chi connectivity index (χ3n) is 3.42. The van der Waals surface area contributed by atoms with Crippen molar-refractivity contribution >= 4 is 5.91 Å². The Morgan fingerprint density at radius 1 is 1.26 bits per heavy atom. The lowest BCUT2D eigenvalue weighted by Gasteiger charge is -2.16. The second-order valence-corrected chi connectivity index (χ2v) is 5.02. The molecule has 6 heteroatoms. The van der Waals surface area contributed by atoms with Gasteiger partial charge in [0.05, 0.1) is 13.4 Å². The zero-order chi connectivity index (χ0) is 16.2. The number of carbonyl (C=O) groups is 1. The molecule has 3 rings (SSSR count). The first-order valence-electron chi connectivity index (χ1n) is 7.05. The van der Waals surface area contributed by atoms with Crippen molar-refractivity contribution < 1.29 is 18.4 Å². The van der Waals surface area contributed by atoms with Gasteiger partial charge in [0, 0.05) is 13.6 Å². The van der Waals surface area contributed by atoms with E-state index in [1.165, 1.54) is 12.7 Å². The molecule has 0 N–H and O–H groups in total. The fourth-order valence-corrected chi connectivity index (χ4v) is 2.28. The van der Waals surface area contributed by atoms with Crippen LogP contribution in [0.4, 0.5) is 0 Å². The summed E-state index contributed by atoms with van der Waals surface area (Å²) in [5.41, 5.74) is 1.19. The Hall–Kier alpha value is -3.02. The number of aromatic nitrogens is 1. The van der Waals surface area contributed by atoms with Crippen molar-refractivity contribution in [3.05, 3.63) is 60.3 Å². The zero-order valence-corrected chi connectivity index (χ0v) is 12.9. The summed E-state index contributed by atoms with van der Waals surface area (Å²) < 4.78 is 15.8. The van der Waals surface area contributed by atoms with Crippen LogP contribution in [0.2, 0.25) is 0 Å².